The van der Waals surface area contributed by atoms with E-state index in [2.05, 4.69) is 40.9 Å². The van der Waals surface area contributed by atoms with Gasteiger partial charge >= 0.3 is 0 Å². The van der Waals surface area contributed by atoms with E-state index in [1.54, 1.807) is 25.4 Å². The van der Waals surface area contributed by atoms with Crippen molar-refractivity contribution in [1.29, 1.82) is 0 Å². The number of amides is 1. The quantitative estimate of drug-likeness (QED) is 0.358. The van der Waals surface area contributed by atoms with Gasteiger partial charge in [0.2, 0.25) is 0 Å². The Kier molecular flexibility index (Phi) is 5.45. The predicted octanol–water partition coefficient (Wildman–Crippen LogP) is 2.88. The molecule has 4 aromatic heterocycles. The van der Waals surface area contributed by atoms with Crippen molar-refractivity contribution in [2.24, 2.45) is 7.05 Å². The van der Waals surface area contributed by atoms with Crippen LogP contribution in [0.4, 0.5) is 23.1 Å². The average molecular weight is 484 g/mol. The second-order valence-electron chi connectivity index (χ2n) is 7.00. The third-order valence-electron chi connectivity index (χ3n) is 4.62. The van der Waals surface area contributed by atoms with Crippen LogP contribution in [0.15, 0.2) is 36.9 Å². The molecule has 3 N–H and O–H groups in total. The summed E-state index contributed by atoms with van der Waals surface area (Å²) in [4.78, 5) is 25.5. The van der Waals surface area contributed by atoms with E-state index < -0.39 is 12.9 Å². The van der Waals surface area contributed by atoms with Crippen molar-refractivity contribution in [1.82, 2.24) is 40.2 Å². The van der Waals surface area contributed by atoms with Crippen molar-refractivity contribution in [2.75, 3.05) is 24.7 Å². The molecule has 174 valence electrons. The van der Waals surface area contributed by atoms with Gasteiger partial charge in [-0.3, -0.25) is 9.48 Å². The molecule has 0 radical (unpaired) electrons. The van der Waals surface area contributed by atoms with E-state index in [0.717, 1.165) is 5.56 Å². The first-order chi connectivity index (χ1) is 17.5. The molecule has 13 heteroatoms. The fourth-order valence-electron chi connectivity index (χ4n) is 2.98. The number of pyridine rings is 2. The maximum Gasteiger partial charge on any atom is 0.273 e. The Labute approximate surface area is 204 Å². The van der Waals surface area contributed by atoms with Gasteiger partial charge in [0.1, 0.15) is 12.1 Å². The van der Waals surface area contributed by atoms with Gasteiger partial charge in [-0.1, -0.05) is 11.6 Å². The van der Waals surface area contributed by atoms with E-state index in [1.165, 1.54) is 30.4 Å². The smallest absolute Gasteiger partial charge is 0.273 e. The minimum Gasteiger partial charge on any atom is -0.492 e. The molecule has 4 aromatic rings. The molecule has 0 aliphatic rings. The Bertz CT molecular complexity index is 1460. The minimum atomic E-state index is -2.74. The van der Waals surface area contributed by atoms with Crippen molar-refractivity contribution in [3.63, 3.8) is 0 Å². The van der Waals surface area contributed by atoms with Gasteiger partial charge < -0.3 is 20.7 Å². The number of anilines is 4. The number of aromatic nitrogens is 7. The lowest BCUT2D eigenvalue weighted by Gasteiger charge is -2.15. The topological polar surface area (TPSA) is 145 Å². The molecule has 12 nitrogen and oxygen atoms in total. The van der Waals surface area contributed by atoms with Crippen molar-refractivity contribution < 1.29 is 13.6 Å². The summed E-state index contributed by atoms with van der Waals surface area (Å²) in [6.45, 7) is -0.926. The second-order valence-corrected chi connectivity index (χ2v) is 7.40. The molecule has 0 saturated carbocycles. The number of hydrogen-bond acceptors (Lipinski definition) is 10. The Morgan fingerprint density at radius 3 is 2.74 bits per heavy atom. The summed E-state index contributed by atoms with van der Waals surface area (Å²) in [5.41, 5.74) is 1.13. The van der Waals surface area contributed by atoms with Gasteiger partial charge in [0.25, 0.3) is 5.91 Å². The zero-order chi connectivity index (χ0) is 26.7. The van der Waals surface area contributed by atoms with E-state index in [4.69, 9.17) is 20.5 Å². The van der Waals surface area contributed by atoms with E-state index in [9.17, 15) is 4.79 Å². The molecule has 4 rings (SSSR count). The van der Waals surface area contributed by atoms with Gasteiger partial charge in [-0.05, 0) is 24.6 Å². The number of carbonyl (C=O) groups is 1. The SMILES string of the molecule is [2H]C([2H])([2H])NC(=O)c1nnc(Nc2cc(Cl)c(C)cn2)cc1Nc1nccc(-c2ncn(C)n2)c1OC. The average Bonchev–Trinajstić information content (AvgIpc) is 3.26. The third kappa shape index (κ3) is 4.71. The van der Waals surface area contributed by atoms with Crippen LogP contribution in [0.1, 0.15) is 20.2 Å². The van der Waals surface area contributed by atoms with Crippen molar-refractivity contribution in [2.45, 2.75) is 6.92 Å². The van der Waals surface area contributed by atoms with Crippen LogP contribution >= 0.6 is 11.6 Å². The zero-order valence-electron chi connectivity index (χ0n) is 21.3. The van der Waals surface area contributed by atoms with Crippen LogP contribution in [-0.2, 0) is 7.05 Å². The molecule has 34 heavy (non-hydrogen) atoms. The number of carbonyl (C=O) groups excluding carboxylic acids is 1. The molecule has 0 saturated heterocycles. The van der Waals surface area contributed by atoms with Crippen molar-refractivity contribution >= 4 is 40.6 Å². The van der Waals surface area contributed by atoms with Gasteiger partial charge in [-0.2, -0.15) is 5.10 Å². The lowest BCUT2D eigenvalue weighted by atomic mass is 10.2. The molecular weight excluding hydrogens is 460 g/mol. The lowest BCUT2D eigenvalue weighted by Crippen LogP contribution is -2.21. The highest BCUT2D eigenvalue weighted by Gasteiger charge is 2.20. The molecule has 0 unspecified atom stereocenters. The Morgan fingerprint density at radius 1 is 1.18 bits per heavy atom. The van der Waals surface area contributed by atoms with Crippen LogP contribution in [0, 0.1) is 6.92 Å². The maximum atomic E-state index is 12.7. The van der Waals surface area contributed by atoms with Crippen LogP contribution in [-0.4, -0.2) is 54.9 Å². The third-order valence-corrected chi connectivity index (χ3v) is 5.03. The lowest BCUT2D eigenvalue weighted by molar-refractivity contribution is 0.0958. The first kappa shape index (κ1) is 19.2. The van der Waals surface area contributed by atoms with Crippen molar-refractivity contribution in [3.8, 4) is 17.1 Å². The fourth-order valence-corrected chi connectivity index (χ4v) is 3.14. The standard InChI is InChI=1S/C21H21ClN10O2/c1-11-9-25-15(7-13(11)22)28-16-8-14(17(30-29-16)21(33)23-2)27-20-18(34-4)12(5-6-24-20)19-26-10-32(3)31-19/h5-10H,1-4H3,(H,23,33)(H2,24,25,27,28,29)/i2D3. The summed E-state index contributed by atoms with van der Waals surface area (Å²) >= 11 is 6.18. The molecule has 0 fully saturated rings. The summed E-state index contributed by atoms with van der Waals surface area (Å²) in [5, 5.41) is 20.6. The largest absolute Gasteiger partial charge is 0.492 e. The highest BCUT2D eigenvalue weighted by atomic mass is 35.5. The molecule has 0 aliphatic carbocycles. The van der Waals surface area contributed by atoms with Gasteiger partial charge in [0.05, 0.1) is 18.4 Å². The predicted molar refractivity (Wildman–Crippen MR) is 127 cm³/mol. The zero-order valence-corrected chi connectivity index (χ0v) is 19.0. The van der Waals surface area contributed by atoms with Crippen molar-refractivity contribution in [3.05, 3.63) is 53.2 Å². The Morgan fingerprint density at radius 2 is 2.03 bits per heavy atom. The number of nitrogens with one attached hydrogen (secondary N) is 3. The normalized spacial score (nSPS) is 12.3. The summed E-state index contributed by atoms with van der Waals surface area (Å²) in [5.74, 6) is 0.485. The van der Waals surface area contributed by atoms with E-state index >= 15 is 0 Å². The molecule has 0 spiro atoms. The molecule has 0 aromatic carbocycles. The van der Waals surface area contributed by atoms with Crippen LogP contribution in [0.5, 0.6) is 5.75 Å². The number of methoxy groups -OCH3 is 1. The first-order valence-corrected chi connectivity index (χ1v) is 10.2. The summed E-state index contributed by atoms with van der Waals surface area (Å²) in [6.07, 6.45) is 4.63. The van der Waals surface area contributed by atoms with Crippen LogP contribution in [0.2, 0.25) is 5.02 Å². The van der Waals surface area contributed by atoms with Crippen LogP contribution in [0.25, 0.3) is 11.4 Å². The summed E-state index contributed by atoms with van der Waals surface area (Å²) in [6, 6.07) is 4.73. The molecule has 4 heterocycles. The minimum absolute atomic E-state index is 0.0920. The maximum absolute atomic E-state index is 12.7. The fraction of sp³-hybridized carbons (Fsp3) is 0.190. The second kappa shape index (κ2) is 9.67. The van der Waals surface area contributed by atoms with E-state index in [0.29, 0.717) is 22.2 Å². The number of rotatable bonds is 7. The summed E-state index contributed by atoms with van der Waals surface area (Å²) < 4.78 is 29.2. The number of hydrogen-bond donors (Lipinski definition) is 3. The first-order valence-electron chi connectivity index (χ1n) is 11.3. The highest BCUT2D eigenvalue weighted by molar-refractivity contribution is 6.31. The van der Waals surface area contributed by atoms with Gasteiger partial charge in [-0.15, -0.1) is 10.2 Å². The number of aryl methyl sites for hydroxylation is 2. The Hall–Kier alpha value is -4.32. The molecular formula is C21H21ClN10O2. The van der Waals surface area contributed by atoms with Crippen LogP contribution in [0.3, 0.4) is 0 Å². The number of nitrogens with zero attached hydrogens (tertiary/aromatic N) is 7. The van der Waals surface area contributed by atoms with Gasteiger partial charge in [0, 0.05) is 41.6 Å². The monoisotopic (exact) mass is 483 g/mol. The highest BCUT2D eigenvalue weighted by Crippen LogP contribution is 2.35. The Balaban J connectivity index is 1.75. The summed E-state index contributed by atoms with van der Waals surface area (Å²) in [7, 11) is 3.17. The molecule has 0 aliphatic heterocycles. The van der Waals surface area contributed by atoms with Crippen LogP contribution < -0.4 is 20.7 Å². The van der Waals surface area contributed by atoms with E-state index in [-0.39, 0.29) is 28.8 Å². The molecule has 0 atom stereocenters. The van der Waals surface area contributed by atoms with Gasteiger partial charge in [0.15, 0.2) is 28.9 Å². The van der Waals surface area contributed by atoms with E-state index in [1.807, 2.05) is 12.2 Å². The number of ether oxygens (including phenoxy) is 1. The molecule has 1 amide bonds. The molecule has 0 bridgehead atoms. The van der Waals surface area contributed by atoms with Gasteiger partial charge in [-0.25, -0.2) is 15.0 Å². The number of halogens is 1.